The van der Waals surface area contributed by atoms with Crippen molar-refractivity contribution in [1.29, 1.82) is 0 Å². The minimum Gasteiger partial charge on any atom is -0.339 e. The van der Waals surface area contributed by atoms with Crippen molar-refractivity contribution >= 4 is 12.4 Å². The second-order valence-corrected chi connectivity index (χ2v) is 8.48. The van der Waals surface area contributed by atoms with Crippen LogP contribution in [0.2, 0.25) is 0 Å². The monoisotopic (exact) mass is 418 g/mol. The molecule has 4 rings (SSSR count). The fourth-order valence-corrected chi connectivity index (χ4v) is 3.24. The molecule has 1 N–H and O–H groups in total. The van der Waals surface area contributed by atoms with E-state index in [1.165, 1.54) is 0 Å². The predicted molar refractivity (Wildman–Crippen MR) is 112 cm³/mol. The average molecular weight is 419 g/mol. The van der Waals surface area contributed by atoms with Gasteiger partial charge in [0.2, 0.25) is 11.7 Å². The van der Waals surface area contributed by atoms with Gasteiger partial charge in [0.15, 0.2) is 5.82 Å². The van der Waals surface area contributed by atoms with Crippen molar-refractivity contribution in [3.63, 3.8) is 0 Å². The van der Waals surface area contributed by atoms with Crippen LogP contribution in [0.4, 0.5) is 0 Å². The summed E-state index contributed by atoms with van der Waals surface area (Å²) < 4.78 is 10.9. The van der Waals surface area contributed by atoms with E-state index in [4.69, 9.17) is 9.05 Å². The van der Waals surface area contributed by atoms with Gasteiger partial charge in [-0.15, -0.1) is 12.4 Å². The van der Waals surface area contributed by atoms with Crippen LogP contribution in [0, 0.1) is 5.41 Å². The maximum Gasteiger partial charge on any atom is 0.257 e. The lowest BCUT2D eigenvalue weighted by molar-refractivity contribution is 0.190. The normalized spacial score (nSPS) is 17.9. The summed E-state index contributed by atoms with van der Waals surface area (Å²) >= 11 is 0. The van der Waals surface area contributed by atoms with E-state index in [1.54, 1.807) is 0 Å². The minimum atomic E-state index is 0. The quantitative estimate of drug-likeness (QED) is 0.689. The van der Waals surface area contributed by atoms with Crippen LogP contribution >= 0.6 is 12.4 Å². The average Bonchev–Trinajstić information content (AvgIpc) is 3.31. The molecular weight excluding hydrogens is 392 g/mol. The summed E-state index contributed by atoms with van der Waals surface area (Å²) in [5.74, 6) is 2.46. The Balaban J connectivity index is 0.00000240. The molecule has 1 fully saturated rings. The Hall–Kier alpha value is -2.29. The van der Waals surface area contributed by atoms with Gasteiger partial charge in [-0.25, -0.2) is 0 Å². The van der Waals surface area contributed by atoms with Crippen LogP contribution in [0.15, 0.2) is 33.3 Å². The summed E-state index contributed by atoms with van der Waals surface area (Å²) in [6.45, 7) is 9.20. The van der Waals surface area contributed by atoms with Crippen LogP contribution in [0.1, 0.15) is 38.5 Å². The minimum absolute atomic E-state index is 0. The molecule has 1 saturated heterocycles. The molecule has 1 aromatic carbocycles. The number of benzene rings is 1. The molecule has 0 radical (unpaired) electrons. The van der Waals surface area contributed by atoms with Gasteiger partial charge in [0.1, 0.15) is 0 Å². The fraction of sp³-hybridized carbons (Fsp3) is 0.500. The lowest BCUT2D eigenvalue weighted by Gasteiger charge is -2.30. The third-order valence-corrected chi connectivity index (χ3v) is 4.79. The first-order chi connectivity index (χ1) is 13.4. The van der Waals surface area contributed by atoms with Gasteiger partial charge in [0.25, 0.3) is 5.89 Å². The molecule has 1 aliphatic rings. The van der Waals surface area contributed by atoms with Crippen molar-refractivity contribution in [2.45, 2.75) is 33.2 Å². The first-order valence-electron chi connectivity index (χ1n) is 9.57. The number of halogens is 1. The smallest absolute Gasteiger partial charge is 0.257 e. The standard InChI is InChI=1S/C20H26N6O2.ClH/c1-20(2,3)11-16-22-17(24-27-16)13-5-7-14(8-6-13)19-23-18(25-28-19)15-12-21-9-10-26(15)4;/h5-8,15,21H,9-12H2,1-4H3;1H. The van der Waals surface area contributed by atoms with Crippen LogP contribution in [-0.2, 0) is 6.42 Å². The summed E-state index contributed by atoms with van der Waals surface area (Å²) in [4.78, 5) is 11.3. The molecule has 9 heteroatoms. The number of piperazine rings is 1. The Kier molecular flexibility index (Phi) is 6.36. The van der Waals surface area contributed by atoms with Crippen LogP contribution in [0.25, 0.3) is 22.8 Å². The molecule has 8 nitrogen and oxygen atoms in total. The van der Waals surface area contributed by atoms with Gasteiger partial charge in [-0.3, -0.25) is 4.90 Å². The molecule has 0 aliphatic carbocycles. The highest BCUT2D eigenvalue weighted by Gasteiger charge is 2.25. The van der Waals surface area contributed by atoms with Crippen molar-refractivity contribution in [3.05, 3.63) is 36.0 Å². The maximum atomic E-state index is 5.49. The summed E-state index contributed by atoms with van der Waals surface area (Å²) in [5.41, 5.74) is 1.86. The largest absolute Gasteiger partial charge is 0.339 e. The van der Waals surface area contributed by atoms with Crippen molar-refractivity contribution in [3.8, 4) is 22.8 Å². The maximum absolute atomic E-state index is 5.49. The first kappa shape index (κ1) is 21.4. The number of hydrogen-bond acceptors (Lipinski definition) is 8. The Morgan fingerprint density at radius 3 is 2.48 bits per heavy atom. The zero-order valence-electron chi connectivity index (χ0n) is 17.2. The van der Waals surface area contributed by atoms with Crippen molar-refractivity contribution in [2.75, 3.05) is 26.7 Å². The Labute approximate surface area is 176 Å². The molecule has 0 spiro atoms. The van der Waals surface area contributed by atoms with Crippen LogP contribution in [0.5, 0.6) is 0 Å². The van der Waals surface area contributed by atoms with E-state index in [-0.39, 0.29) is 23.9 Å². The molecule has 0 bridgehead atoms. The molecule has 3 heterocycles. The molecule has 0 amide bonds. The van der Waals surface area contributed by atoms with Crippen molar-refractivity contribution in [2.24, 2.45) is 5.41 Å². The fourth-order valence-electron chi connectivity index (χ4n) is 3.24. The van der Waals surface area contributed by atoms with E-state index in [0.717, 1.165) is 37.2 Å². The van der Waals surface area contributed by atoms with Gasteiger partial charge >= 0.3 is 0 Å². The summed E-state index contributed by atoms with van der Waals surface area (Å²) in [6, 6.07) is 7.90. The van der Waals surface area contributed by atoms with Crippen molar-refractivity contribution < 1.29 is 9.05 Å². The molecule has 1 aliphatic heterocycles. The highest BCUT2D eigenvalue weighted by molar-refractivity contribution is 5.85. The lowest BCUT2D eigenvalue weighted by Crippen LogP contribution is -2.44. The summed E-state index contributed by atoms with van der Waals surface area (Å²) in [6.07, 6.45) is 0.743. The van der Waals surface area contributed by atoms with Crippen LogP contribution in [0.3, 0.4) is 0 Å². The van der Waals surface area contributed by atoms with E-state index in [2.05, 4.69) is 58.3 Å². The Morgan fingerprint density at radius 2 is 1.79 bits per heavy atom. The molecular formula is C20H27ClN6O2. The summed E-state index contributed by atoms with van der Waals surface area (Å²) in [5, 5.41) is 11.6. The lowest BCUT2D eigenvalue weighted by atomic mass is 9.92. The van der Waals surface area contributed by atoms with Crippen LogP contribution in [-0.4, -0.2) is 51.9 Å². The van der Waals surface area contributed by atoms with E-state index < -0.39 is 0 Å². The molecule has 0 saturated carbocycles. The number of nitrogens with zero attached hydrogens (tertiary/aromatic N) is 5. The topological polar surface area (TPSA) is 93.1 Å². The molecule has 1 unspecified atom stereocenters. The highest BCUT2D eigenvalue weighted by Crippen LogP contribution is 2.26. The van der Waals surface area contributed by atoms with E-state index in [1.807, 2.05) is 24.3 Å². The number of nitrogens with one attached hydrogen (secondary N) is 1. The Morgan fingerprint density at radius 1 is 1.07 bits per heavy atom. The van der Waals surface area contributed by atoms with Crippen LogP contribution < -0.4 is 5.32 Å². The second kappa shape index (κ2) is 8.61. The zero-order chi connectivity index (χ0) is 19.7. The molecule has 2 aromatic heterocycles. The summed E-state index contributed by atoms with van der Waals surface area (Å²) in [7, 11) is 2.08. The third kappa shape index (κ3) is 5.01. The van der Waals surface area contributed by atoms with Gasteiger partial charge in [-0.2, -0.15) is 9.97 Å². The van der Waals surface area contributed by atoms with Crippen molar-refractivity contribution in [1.82, 2.24) is 30.5 Å². The van der Waals surface area contributed by atoms with E-state index in [0.29, 0.717) is 23.4 Å². The number of likely N-dealkylation sites (N-methyl/N-ethyl adjacent to an activating group) is 1. The second-order valence-electron chi connectivity index (χ2n) is 8.48. The highest BCUT2D eigenvalue weighted by atomic mass is 35.5. The van der Waals surface area contributed by atoms with Gasteiger partial charge in [0, 0.05) is 37.2 Å². The third-order valence-electron chi connectivity index (χ3n) is 4.79. The van der Waals surface area contributed by atoms with E-state index >= 15 is 0 Å². The van der Waals surface area contributed by atoms with E-state index in [9.17, 15) is 0 Å². The SMILES string of the molecule is CN1CCNCC1c1noc(-c2ccc(-c3noc(CC(C)(C)C)n3)cc2)n1.Cl. The molecule has 29 heavy (non-hydrogen) atoms. The number of aromatic nitrogens is 4. The first-order valence-corrected chi connectivity index (χ1v) is 9.57. The number of rotatable bonds is 4. The molecule has 1 atom stereocenters. The van der Waals surface area contributed by atoms with Gasteiger partial charge in [-0.1, -0.05) is 43.2 Å². The number of hydrogen-bond donors (Lipinski definition) is 1. The van der Waals surface area contributed by atoms with Gasteiger partial charge in [0.05, 0.1) is 6.04 Å². The zero-order valence-corrected chi connectivity index (χ0v) is 18.0. The molecule has 3 aromatic rings. The Bertz CT molecular complexity index is 931. The van der Waals surface area contributed by atoms with Gasteiger partial charge in [-0.05, 0) is 24.6 Å². The van der Waals surface area contributed by atoms with Gasteiger partial charge < -0.3 is 14.4 Å². The predicted octanol–water partition coefficient (Wildman–Crippen LogP) is 3.37. The molecule has 156 valence electrons.